The van der Waals surface area contributed by atoms with Crippen molar-refractivity contribution < 1.29 is 9.53 Å². The minimum Gasteiger partial charge on any atom is -0.485 e. The lowest BCUT2D eigenvalue weighted by Crippen LogP contribution is -2.47. The van der Waals surface area contributed by atoms with Crippen LogP contribution in [0.5, 0.6) is 5.75 Å². The van der Waals surface area contributed by atoms with Gasteiger partial charge in [0.05, 0.1) is 25.2 Å². The van der Waals surface area contributed by atoms with Crippen LogP contribution in [0.1, 0.15) is 12.5 Å². The number of ether oxygens (including phenoxy) is 1. The number of fused-ring (bicyclic) bond motifs is 2. The van der Waals surface area contributed by atoms with Gasteiger partial charge in [-0.05, 0) is 30.7 Å². The first kappa shape index (κ1) is 17.5. The number of benzene rings is 2. The van der Waals surface area contributed by atoms with Crippen LogP contribution in [0.2, 0.25) is 0 Å². The number of anilines is 1. The number of aromatic nitrogens is 1. The van der Waals surface area contributed by atoms with E-state index < -0.39 is 0 Å². The molecule has 1 N–H and O–H groups in total. The van der Waals surface area contributed by atoms with Gasteiger partial charge in [-0.1, -0.05) is 30.3 Å². The van der Waals surface area contributed by atoms with Gasteiger partial charge >= 0.3 is 0 Å². The monoisotopic (exact) mass is 363 g/mol. The number of nitrogens with one attached hydrogen (secondary N) is 1. The van der Waals surface area contributed by atoms with Crippen molar-refractivity contribution in [3.63, 3.8) is 0 Å². The second-order valence-electron chi connectivity index (χ2n) is 7.06. The molecule has 4 rings (SSSR count). The molecule has 5 heteroatoms. The smallest absolute Gasteiger partial charge is 0.226 e. The van der Waals surface area contributed by atoms with Gasteiger partial charge < -0.3 is 19.5 Å². The van der Waals surface area contributed by atoms with E-state index in [2.05, 4.69) is 28.9 Å². The fourth-order valence-corrected chi connectivity index (χ4v) is 3.76. The maximum absolute atomic E-state index is 12.8. The third-order valence-corrected chi connectivity index (χ3v) is 5.23. The predicted molar refractivity (Wildman–Crippen MR) is 108 cm³/mol. The van der Waals surface area contributed by atoms with E-state index in [1.807, 2.05) is 49.6 Å². The second-order valence-corrected chi connectivity index (χ2v) is 7.06. The minimum atomic E-state index is -0.0308. The lowest BCUT2D eigenvalue weighted by Gasteiger charge is -2.37. The highest BCUT2D eigenvalue weighted by atomic mass is 16.5. The molecule has 2 aromatic carbocycles. The molecule has 0 saturated heterocycles. The first-order valence-electron chi connectivity index (χ1n) is 9.45. The van der Waals surface area contributed by atoms with Crippen molar-refractivity contribution in [3.8, 4) is 5.75 Å². The molecule has 5 nitrogen and oxygen atoms in total. The third kappa shape index (κ3) is 3.50. The summed E-state index contributed by atoms with van der Waals surface area (Å²) in [5.74, 6) is 0.998. The predicted octanol–water partition coefficient (Wildman–Crippen LogP) is 3.46. The maximum Gasteiger partial charge on any atom is 0.226 e. The summed E-state index contributed by atoms with van der Waals surface area (Å²) in [6.07, 6.45) is 2.29. The Kier molecular flexibility index (Phi) is 4.75. The van der Waals surface area contributed by atoms with Crippen LogP contribution in [0.15, 0.2) is 54.7 Å². The van der Waals surface area contributed by atoms with Crippen LogP contribution in [0, 0.1) is 0 Å². The van der Waals surface area contributed by atoms with Crippen LogP contribution in [0.4, 0.5) is 5.69 Å². The van der Waals surface area contributed by atoms with Gasteiger partial charge in [-0.3, -0.25) is 4.79 Å². The average Bonchev–Trinajstić information content (AvgIpc) is 3.10. The molecule has 1 aliphatic rings. The number of rotatable bonds is 5. The number of carbonyl (C=O) groups excluding carboxylic acids is 1. The Hall–Kier alpha value is -2.95. The fraction of sp³-hybridized carbons (Fsp3) is 0.318. The summed E-state index contributed by atoms with van der Waals surface area (Å²) < 4.78 is 6.15. The van der Waals surface area contributed by atoms with Gasteiger partial charge in [0.25, 0.3) is 0 Å². The molecule has 0 saturated carbocycles. The van der Waals surface area contributed by atoms with Crippen molar-refractivity contribution >= 4 is 22.5 Å². The lowest BCUT2D eigenvalue weighted by molar-refractivity contribution is -0.130. The highest BCUT2D eigenvalue weighted by Gasteiger charge is 2.26. The van der Waals surface area contributed by atoms with E-state index in [1.54, 1.807) is 4.90 Å². The second kappa shape index (κ2) is 7.35. The van der Waals surface area contributed by atoms with E-state index in [4.69, 9.17) is 4.74 Å². The van der Waals surface area contributed by atoms with E-state index in [9.17, 15) is 4.79 Å². The molecule has 1 amide bonds. The number of carbonyl (C=O) groups is 1. The number of likely N-dealkylation sites (N-methyl/N-ethyl adjacent to an activating group) is 2. The van der Waals surface area contributed by atoms with Gasteiger partial charge in [-0.15, -0.1) is 0 Å². The van der Waals surface area contributed by atoms with Crippen molar-refractivity contribution in [2.75, 3.05) is 31.6 Å². The average molecular weight is 363 g/mol. The molecule has 3 aromatic rings. The SMILES string of the molecule is CCN1C[C@@H](CN(C)C(=O)Cc2c[nH]c3ccccc23)Oc2ccccc21. The number of para-hydroxylation sites is 3. The molecule has 0 aliphatic carbocycles. The Morgan fingerprint density at radius 1 is 1.22 bits per heavy atom. The standard InChI is InChI=1S/C22H25N3O2/c1-3-25-15-17(27-21-11-7-6-10-20(21)25)14-24(2)22(26)12-16-13-23-19-9-5-4-8-18(16)19/h4-11,13,17,23H,3,12,14-15H2,1-2H3/t17-/m1/s1. The van der Waals surface area contributed by atoms with Crippen molar-refractivity contribution in [2.45, 2.75) is 19.4 Å². The summed E-state index contributed by atoms with van der Waals surface area (Å²) in [7, 11) is 1.86. The van der Waals surface area contributed by atoms with Crippen LogP contribution in [0.3, 0.4) is 0 Å². The summed E-state index contributed by atoms with van der Waals surface area (Å²) in [5.41, 5.74) is 3.23. The Balaban J connectivity index is 1.43. The van der Waals surface area contributed by atoms with Crippen LogP contribution < -0.4 is 9.64 Å². The number of nitrogens with zero attached hydrogens (tertiary/aromatic N) is 2. The van der Waals surface area contributed by atoms with E-state index in [1.165, 1.54) is 0 Å². The molecule has 1 aromatic heterocycles. The first-order valence-corrected chi connectivity index (χ1v) is 9.45. The number of amides is 1. The minimum absolute atomic E-state index is 0.0308. The van der Waals surface area contributed by atoms with Crippen molar-refractivity contribution in [1.29, 1.82) is 0 Å². The van der Waals surface area contributed by atoms with Crippen LogP contribution >= 0.6 is 0 Å². The van der Waals surface area contributed by atoms with Gasteiger partial charge in [0.1, 0.15) is 11.9 Å². The zero-order valence-electron chi connectivity index (χ0n) is 15.8. The number of hydrogen-bond acceptors (Lipinski definition) is 3. The summed E-state index contributed by atoms with van der Waals surface area (Å²) in [6, 6.07) is 16.2. The maximum atomic E-state index is 12.8. The van der Waals surface area contributed by atoms with Crippen molar-refractivity contribution in [1.82, 2.24) is 9.88 Å². The van der Waals surface area contributed by atoms with Gasteiger partial charge in [0, 0.05) is 30.7 Å². The van der Waals surface area contributed by atoms with E-state index >= 15 is 0 Å². The van der Waals surface area contributed by atoms with Gasteiger partial charge in [0.15, 0.2) is 0 Å². The van der Waals surface area contributed by atoms with E-state index in [0.717, 1.165) is 41.0 Å². The Labute approximate surface area is 159 Å². The third-order valence-electron chi connectivity index (χ3n) is 5.23. The summed E-state index contributed by atoms with van der Waals surface area (Å²) in [6.45, 7) is 4.43. The van der Waals surface area contributed by atoms with Gasteiger partial charge in [0.2, 0.25) is 5.91 Å². The molecule has 0 spiro atoms. The first-order chi connectivity index (χ1) is 13.2. The van der Waals surface area contributed by atoms with E-state index in [-0.39, 0.29) is 12.0 Å². The van der Waals surface area contributed by atoms with Crippen LogP contribution in [0.25, 0.3) is 10.9 Å². The Morgan fingerprint density at radius 3 is 2.85 bits per heavy atom. The zero-order valence-corrected chi connectivity index (χ0v) is 15.8. The topological polar surface area (TPSA) is 48.6 Å². The number of H-pyrrole nitrogens is 1. The Bertz CT molecular complexity index is 949. The summed E-state index contributed by atoms with van der Waals surface area (Å²) in [4.78, 5) is 20.1. The van der Waals surface area contributed by atoms with Crippen LogP contribution in [-0.4, -0.2) is 48.6 Å². The number of hydrogen-bond donors (Lipinski definition) is 1. The molecule has 0 radical (unpaired) electrons. The molecule has 2 heterocycles. The molecule has 0 bridgehead atoms. The molecule has 0 unspecified atom stereocenters. The quantitative estimate of drug-likeness (QED) is 0.755. The molecule has 0 fully saturated rings. The molecule has 27 heavy (non-hydrogen) atoms. The van der Waals surface area contributed by atoms with Gasteiger partial charge in [-0.2, -0.15) is 0 Å². The molecular formula is C22H25N3O2. The zero-order chi connectivity index (χ0) is 18.8. The summed E-state index contributed by atoms with van der Waals surface area (Å²) >= 11 is 0. The molecular weight excluding hydrogens is 338 g/mol. The number of aromatic amines is 1. The lowest BCUT2D eigenvalue weighted by atomic mass is 10.1. The van der Waals surface area contributed by atoms with Crippen molar-refractivity contribution in [3.05, 3.63) is 60.3 Å². The normalized spacial score (nSPS) is 16.1. The Morgan fingerprint density at radius 2 is 2.00 bits per heavy atom. The van der Waals surface area contributed by atoms with Crippen molar-refractivity contribution in [2.24, 2.45) is 0 Å². The molecule has 1 aliphatic heterocycles. The highest BCUT2D eigenvalue weighted by molar-refractivity contribution is 5.88. The summed E-state index contributed by atoms with van der Waals surface area (Å²) in [5, 5.41) is 1.11. The van der Waals surface area contributed by atoms with Gasteiger partial charge in [-0.25, -0.2) is 0 Å². The molecule has 140 valence electrons. The largest absolute Gasteiger partial charge is 0.485 e. The van der Waals surface area contributed by atoms with Crippen LogP contribution in [-0.2, 0) is 11.2 Å². The molecule has 1 atom stereocenters. The highest BCUT2D eigenvalue weighted by Crippen LogP contribution is 2.32. The fourth-order valence-electron chi connectivity index (χ4n) is 3.76. The van der Waals surface area contributed by atoms with E-state index in [0.29, 0.717) is 13.0 Å².